The van der Waals surface area contributed by atoms with Crippen molar-refractivity contribution in [2.75, 3.05) is 11.9 Å². The molecular weight excluding hydrogens is 279 g/mol. The number of imidazole rings is 1. The summed E-state index contributed by atoms with van der Waals surface area (Å²) in [6, 6.07) is 8.32. The Morgan fingerprint density at radius 1 is 1.05 bits per heavy atom. The van der Waals surface area contributed by atoms with Gasteiger partial charge in [-0.05, 0) is 18.2 Å². The van der Waals surface area contributed by atoms with Gasteiger partial charge in [0.25, 0.3) is 0 Å². The first kappa shape index (κ1) is 13.5. The quantitative estimate of drug-likeness (QED) is 0.796. The van der Waals surface area contributed by atoms with Crippen LogP contribution in [0, 0.1) is 17.5 Å². The van der Waals surface area contributed by atoms with Crippen LogP contribution in [0.3, 0.4) is 0 Å². The second-order valence-corrected chi connectivity index (χ2v) is 4.63. The van der Waals surface area contributed by atoms with E-state index in [9.17, 15) is 13.2 Å². The number of aromatic nitrogens is 2. The van der Waals surface area contributed by atoms with E-state index in [1.807, 2.05) is 0 Å². The maximum absolute atomic E-state index is 13.3. The molecule has 0 unspecified atom stereocenters. The molecule has 0 aliphatic rings. The highest BCUT2D eigenvalue weighted by Gasteiger charge is 2.08. The lowest BCUT2D eigenvalue weighted by Crippen LogP contribution is -2.10. The zero-order chi connectivity index (χ0) is 14.8. The molecule has 0 saturated carbocycles. The zero-order valence-electron chi connectivity index (χ0n) is 11.0. The van der Waals surface area contributed by atoms with E-state index < -0.39 is 11.6 Å². The molecule has 0 bridgehead atoms. The van der Waals surface area contributed by atoms with Crippen molar-refractivity contribution in [3.05, 3.63) is 60.2 Å². The Morgan fingerprint density at radius 2 is 1.86 bits per heavy atom. The van der Waals surface area contributed by atoms with Gasteiger partial charge in [0.05, 0.1) is 17.4 Å². The summed E-state index contributed by atoms with van der Waals surface area (Å²) in [6.07, 6.45) is 1.52. The van der Waals surface area contributed by atoms with Crippen molar-refractivity contribution in [2.24, 2.45) is 0 Å². The third-order valence-electron chi connectivity index (χ3n) is 3.17. The van der Waals surface area contributed by atoms with Gasteiger partial charge in [-0.1, -0.05) is 6.07 Å². The van der Waals surface area contributed by atoms with Crippen molar-refractivity contribution in [3.63, 3.8) is 0 Å². The van der Waals surface area contributed by atoms with Gasteiger partial charge < -0.3 is 9.88 Å². The summed E-state index contributed by atoms with van der Waals surface area (Å²) in [5.41, 5.74) is 1.59. The average molecular weight is 291 g/mol. The van der Waals surface area contributed by atoms with Gasteiger partial charge in [0, 0.05) is 30.9 Å². The summed E-state index contributed by atoms with van der Waals surface area (Å²) in [5.74, 6) is -2.13. The molecule has 0 saturated heterocycles. The fourth-order valence-electron chi connectivity index (χ4n) is 2.15. The highest BCUT2D eigenvalue weighted by Crippen LogP contribution is 2.17. The molecule has 0 spiro atoms. The average Bonchev–Trinajstić information content (AvgIpc) is 2.82. The molecule has 0 amide bonds. The Morgan fingerprint density at radius 3 is 2.67 bits per heavy atom. The Hall–Kier alpha value is -2.50. The van der Waals surface area contributed by atoms with E-state index in [0.29, 0.717) is 29.8 Å². The number of nitrogens with zero attached hydrogens (tertiary/aromatic N) is 2. The van der Waals surface area contributed by atoms with E-state index in [4.69, 9.17) is 0 Å². The molecule has 1 N–H and O–H groups in total. The van der Waals surface area contributed by atoms with Gasteiger partial charge in [-0.15, -0.1) is 0 Å². The Labute approximate surface area is 119 Å². The molecule has 21 heavy (non-hydrogen) atoms. The minimum Gasteiger partial charge on any atom is -0.383 e. The summed E-state index contributed by atoms with van der Waals surface area (Å²) < 4.78 is 41.1. The van der Waals surface area contributed by atoms with Crippen LogP contribution >= 0.6 is 0 Å². The number of benzene rings is 2. The van der Waals surface area contributed by atoms with Crippen LogP contribution < -0.4 is 5.32 Å². The minimum atomic E-state index is -0.911. The van der Waals surface area contributed by atoms with Gasteiger partial charge in [0.15, 0.2) is 11.6 Å². The molecule has 0 fully saturated rings. The number of hydrogen-bond donors (Lipinski definition) is 1. The van der Waals surface area contributed by atoms with Crippen LogP contribution in [-0.4, -0.2) is 16.1 Å². The van der Waals surface area contributed by atoms with Gasteiger partial charge >= 0.3 is 0 Å². The van der Waals surface area contributed by atoms with E-state index in [1.165, 1.54) is 18.5 Å². The lowest BCUT2D eigenvalue weighted by Gasteiger charge is -2.08. The summed E-state index contributed by atoms with van der Waals surface area (Å²) in [7, 11) is 0. The summed E-state index contributed by atoms with van der Waals surface area (Å²) in [5, 5.41) is 3.06. The van der Waals surface area contributed by atoms with Crippen molar-refractivity contribution < 1.29 is 13.2 Å². The van der Waals surface area contributed by atoms with E-state index in [0.717, 1.165) is 12.1 Å². The first-order chi connectivity index (χ1) is 10.1. The molecule has 3 nitrogen and oxygen atoms in total. The molecule has 6 heteroatoms. The monoisotopic (exact) mass is 291 g/mol. The molecular formula is C15H12F3N3. The third kappa shape index (κ3) is 2.84. The smallest absolute Gasteiger partial charge is 0.161 e. The number of hydrogen-bond acceptors (Lipinski definition) is 2. The van der Waals surface area contributed by atoms with Crippen LogP contribution in [0.15, 0.2) is 42.7 Å². The number of nitrogens with one attached hydrogen (secondary N) is 1. The van der Waals surface area contributed by atoms with E-state index in [2.05, 4.69) is 10.3 Å². The fraction of sp³-hybridized carbons (Fsp3) is 0.133. The third-order valence-corrected chi connectivity index (χ3v) is 3.17. The first-order valence-corrected chi connectivity index (χ1v) is 6.43. The van der Waals surface area contributed by atoms with Gasteiger partial charge in [0.2, 0.25) is 0 Å². The number of rotatable bonds is 4. The molecule has 0 aliphatic heterocycles. The van der Waals surface area contributed by atoms with Crippen molar-refractivity contribution in [2.45, 2.75) is 6.54 Å². The van der Waals surface area contributed by atoms with Crippen molar-refractivity contribution >= 4 is 16.7 Å². The second-order valence-electron chi connectivity index (χ2n) is 4.63. The van der Waals surface area contributed by atoms with Gasteiger partial charge in [-0.2, -0.15) is 0 Å². The number of fused-ring (bicyclic) bond motifs is 1. The molecule has 0 radical (unpaired) electrons. The summed E-state index contributed by atoms with van der Waals surface area (Å²) in [4.78, 5) is 4.03. The van der Waals surface area contributed by atoms with Crippen LogP contribution in [0.5, 0.6) is 0 Å². The number of anilines is 1. The molecule has 1 aromatic heterocycles. The van der Waals surface area contributed by atoms with E-state index in [1.54, 1.807) is 16.7 Å². The zero-order valence-corrected chi connectivity index (χ0v) is 11.0. The summed E-state index contributed by atoms with van der Waals surface area (Å²) in [6.45, 7) is 1.01. The molecule has 3 rings (SSSR count). The van der Waals surface area contributed by atoms with Crippen LogP contribution in [0.1, 0.15) is 0 Å². The Balaban J connectivity index is 1.72. The Kier molecular flexibility index (Phi) is 3.51. The normalized spacial score (nSPS) is 11.0. The molecule has 108 valence electrons. The first-order valence-electron chi connectivity index (χ1n) is 6.43. The largest absolute Gasteiger partial charge is 0.383 e. The van der Waals surface area contributed by atoms with Crippen LogP contribution in [0.2, 0.25) is 0 Å². The van der Waals surface area contributed by atoms with Crippen LogP contribution in [0.4, 0.5) is 18.9 Å². The van der Waals surface area contributed by atoms with Crippen LogP contribution in [0.25, 0.3) is 11.0 Å². The lowest BCUT2D eigenvalue weighted by molar-refractivity contribution is 0.510. The van der Waals surface area contributed by atoms with E-state index >= 15 is 0 Å². The highest BCUT2D eigenvalue weighted by molar-refractivity contribution is 5.75. The van der Waals surface area contributed by atoms with Gasteiger partial charge in [-0.3, -0.25) is 0 Å². The highest BCUT2D eigenvalue weighted by atomic mass is 19.2. The molecule has 1 heterocycles. The maximum atomic E-state index is 13.3. The molecule has 0 atom stereocenters. The number of halogens is 3. The predicted molar refractivity (Wildman–Crippen MR) is 74.5 cm³/mol. The Bertz CT molecular complexity index is 783. The maximum Gasteiger partial charge on any atom is 0.161 e. The van der Waals surface area contributed by atoms with E-state index in [-0.39, 0.29) is 5.82 Å². The second kappa shape index (κ2) is 5.47. The van der Waals surface area contributed by atoms with Gasteiger partial charge in [0.1, 0.15) is 5.82 Å². The fourth-order valence-corrected chi connectivity index (χ4v) is 2.15. The van der Waals surface area contributed by atoms with Crippen molar-refractivity contribution in [3.8, 4) is 0 Å². The predicted octanol–water partition coefficient (Wildman–Crippen LogP) is 3.57. The topological polar surface area (TPSA) is 29.9 Å². The molecule has 2 aromatic carbocycles. The van der Waals surface area contributed by atoms with Crippen LogP contribution in [-0.2, 0) is 6.54 Å². The SMILES string of the molecule is Fc1cccc(NCCn2cnc3cc(F)c(F)cc32)c1. The van der Waals surface area contributed by atoms with Gasteiger partial charge in [-0.25, -0.2) is 18.2 Å². The summed E-state index contributed by atoms with van der Waals surface area (Å²) >= 11 is 0. The van der Waals surface area contributed by atoms with Crippen molar-refractivity contribution in [1.82, 2.24) is 9.55 Å². The molecule has 0 aliphatic carbocycles. The van der Waals surface area contributed by atoms with Crippen molar-refractivity contribution in [1.29, 1.82) is 0 Å². The minimum absolute atomic E-state index is 0.314. The molecule has 3 aromatic rings. The standard InChI is InChI=1S/C15H12F3N3/c16-10-2-1-3-11(6-10)19-4-5-21-9-20-14-7-12(17)13(18)8-15(14)21/h1-3,6-9,19H,4-5H2. The lowest BCUT2D eigenvalue weighted by atomic mass is 10.3.